The highest BCUT2D eigenvalue weighted by Gasteiger charge is 2.24. The summed E-state index contributed by atoms with van der Waals surface area (Å²) in [5.74, 6) is 4.31. The van der Waals surface area contributed by atoms with Crippen molar-refractivity contribution >= 4 is 27.0 Å². The van der Waals surface area contributed by atoms with E-state index >= 15 is 0 Å². The van der Waals surface area contributed by atoms with Gasteiger partial charge in [0.25, 0.3) is 0 Å². The van der Waals surface area contributed by atoms with E-state index in [1.165, 1.54) is 103 Å². The van der Waals surface area contributed by atoms with Crippen LogP contribution in [0.3, 0.4) is 0 Å². The summed E-state index contributed by atoms with van der Waals surface area (Å²) >= 11 is 0. The van der Waals surface area contributed by atoms with Crippen LogP contribution in [-0.2, 0) is 0 Å². The summed E-state index contributed by atoms with van der Waals surface area (Å²) in [6.45, 7) is 0. The Morgan fingerprint density at radius 3 is 0.667 bits per heavy atom. The fourth-order valence-corrected chi connectivity index (χ4v) is 6.74. The number of hydrogen-bond donors (Lipinski definition) is 0. The van der Waals surface area contributed by atoms with E-state index in [-0.39, 0.29) is 27.0 Å². The molecule has 8 aliphatic carbocycles. The molecule has 168 valence electrons. The molecular formula is C28H44S2. The first-order valence-electron chi connectivity index (χ1n) is 12.5. The van der Waals surface area contributed by atoms with Crippen molar-refractivity contribution in [2.75, 3.05) is 0 Å². The predicted molar refractivity (Wildman–Crippen MR) is 141 cm³/mol. The average Bonchev–Trinajstić information content (AvgIpc) is 3.63. The summed E-state index contributed by atoms with van der Waals surface area (Å²) in [7, 11) is 0. The molecule has 4 fully saturated rings. The Morgan fingerprint density at radius 1 is 0.400 bits per heavy atom. The average molecular weight is 445 g/mol. The normalized spacial score (nSPS) is 34.1. The molecule has 0 aromatic heterocycles. The van der Waals surface area contributed by atoms with Crippen molar-refractivity contribution in [3.05, 3.63) is 46.6 Å². The van der Waals surface area contributed by atoms with Crippen molar-refractivity contribution < 1.29 is 0 Å². The third-order valence-electron chi connectivity index (χ3n) is 8.66. The molecule has 8 bridgehead atoms. The molecule has 4 saturated carbocycles. The standard InChI is InChI=1S/4C7H10.2H2S/c4*1-2-7-4-3-6(1)5-7;;/h4*1,7H,2-5H2;2*1H2. The monoisotopic (exact) mass is 444 g/mol. The topological polar surface area (TPSA) is 0 Å². The van der Waals surface area contributed by atoms with E-state index in [1.54, 1.807) is 22.3 Å². The summed E-state index contributed by atoms with van der Waals surface area (Å²) in [4.78, 5) is 0. The van der Waals surface area contributed by atoms with E-state index in [2.05, 4.69) is 24.3 Å². The van der Waals surface area contributed by atoms with Gasteiger partial charge in [0.1, 0.15) is 0 Å². The molecule has 0 radical (unpaired) electrons. The number of hydrogen-bond acceptors (Lipinski definition) is 0. The Kier molecular flexibility index (Phi) is 9.32. The molecule has 0 heterocycles. The molecule has 8 aliphatic rings. The lowest BCUT2D eigenvalue weighted by Gasteiger charge is -1.98. The molecule has 0 spiro atoms. The van der Waals surface area contributed by atoms with Gasteiger partial charge in [-0.05, 0) is 126 Å². The maximum atomic E-state index is 2.42. The number of rotatable bonds is 0. The predicted octanol–water partition coefficient (Wildman–Crippen LogP) is 8.69. The van der Waals surface area contributed by atoms with Crippen LogP contribution in [0.15, 0.2) is 46.6 Å². The molecule has 30 heavy (non-hydrogen) atoms. The van der Waals surface area contributed by atoms with Gasteiger partial charge < -0.3 is 0 Å². The molecule has 2 heteroatoms. The highest BCUT2D eigenvalue weighted by molar-refractivity contribution is 7.59. The highest BCUT2D eigenvalue weighted by Crippen LogP contribution is 2.40. The fraction of sp³-hybridized carbons (Fsp3) is 0.714. The molecule has 0 amide bonds. The fourth-order valence-electron chi connectivity index (χ4n) is 6.74. The minimum absolute atomic E-state index is 0. The summed E-state index contributed by atoms with van der Waals surface area (Å²) in [5, 5.41) is 0. The molecular weight excluding hydrogens is 400 g/mol. The second kappa shape index (κ2) is 11.5. The van der Waals surface area contributed by atoms with Gasteiger partial charge >= 0.3 is 0 Å². The van der Waals surface area contributed by atoms with Gasteiger partial charge in [0.05, 0.1) is 0 Å². The van der Waals surface area contributed by atoms with Crippen LogP contribution >= 0.6 is 27.0 Å². The molecule has 0 N–H and O–H groups in total. The van der Waals surface area contributed by atoms with Crippen LogP contribution in [0, 0.1) is 23.7 Å². The van der Waals surface area contributed by atoms with Crippen molar-refractivity contribution in [3.63, 3.8) is 0 Å². The van der Waals surface area contributed by atoms with Crippen molar-refractivity contribution in [1.82, 2.24) is 0 Å². The first kappa shape index (κ1) is 24.3. The van der Waals surface area contributed by atoms with Crippen molar-refractivity contribution in [2.24, 2.45) is 23.7 Å². The molecule has 0 aliphatic heterocycles. The Hall–Kier alpha value is -0.340. The van der Waals surface area contributed by atoms with Crippen LogP contribution < -0.4 is 0 Å². The first-order chi connectivity index (χ1) is 13.8. The third-order valence-corrected chi connectivity index (χ3v) is 8.66. The second-order valence-corrected chi connectivity index (χ2v) is 10.8. The second-order valence-electron chi connectivity index (χ2n) is 10.8. The third kappa shape index (κ3) is 6.35. The summed E-state index contributed by atoms with van der Waals surface area (Å²) < 4.78 is 0. The zero-order valence-electron chi connectivity index (χ0n) is 18.9. The van der Waals surface area contributed by atoms with E-state index in [9.17, 15) is 0 Å². The van der Waals surface area contributed by atoms with E-state index in [4.69, 9.17) is 0 Å². The Morgan fingerprint density at radius 2 is 0.633 bits per heavy atom. The molecule has 0 aromatic rings. The van der Waals surface area contributed by atoms with Gasteiger partial charge in [-0.1, -0.05) is 46.6 Å². The van der Waals surface area contributed by atoms with Gasteiger partial charge in [0.2, 0.25) is 0 Å². The minimum Gasteiger partial charge on any atom is -0.197 e. The van der Waals surface area contributed by atoms with E-state index in [0.29, 0.717) is 0 Å². The van der Waals surface area contributed by atoms with Crippen LogP contribution in [0.4, 0.5) is 0 Å². The van der Waals surface area contributed by atoms with E-state index in [1.807, 2.05) is 0 Å². The smallest absolute Gasteiger partial charge is 0.0289 e. The summed E-state index contributed by atoms with van der Waals surface area (Å²) in [6.07, 6.45) is 32.7. The number of fused-ring (bicyclic) bond motifs is 8. The van der Waals surface area contributed by atoms with Crippen LogP contribution in [0.2, 0.25) is 0 Å². The van der Waals surface area contributed by atoms with Crippen LogP contribution in [0.5, 0.6) is 0 Å². The molecule has 0 saturated heterocycles. The van der Waals surface area contributed by atoms with Gasteiger partial charge in [0.15, 0.2) is 0 Å². The van der Waals surface area contributed by atoms with Gasteiger partial charge in [0, 0.05) is 0 Å². The Balaban J connectivity index is 0.000000111. The molecule has 4 unspecified atom stereocenters. The van der Waals surface area contributed by atoms with Crippen molar-refractivity contribution in [3.8, 4) is 0 Å². The maximum absolute atomic E-state index is 2.42. The van der Waals surface area contributed by atoms with Crippen LogP contribution in [-0.4, -0.2) is 0 Å². The molecule has 4 atom stereocenters. The molecule has 0 aromatic carbocycles. The Bertz CT molecular complexity index is 575. The quantitative estimate of drug-likeness (QED) is 0.328. The molecule has 8 rings (SSSR count). The SMILES string of the molecule is C1=C2CCC(C1)C2.C1=C2CCC(C1)C2.C1=C2CCC(C1)C2.C1=C2CCC(C1)C2.S.S. The van der Waals surface area contributed by atoms with E-state index < -0.39 is 0 Å². The lowest BCUT2D eigenvalue weighted by atomic mass is 10.1. The van der Waals surface area contributed by atoms with Gasteiger partial charge in [-0.25, -0.2) is 0 Å². The minimum atomic E-state index is 0. The highest BCUT2D eigenvalue weighted by atomic mass is 32.1. The van der Waals surface area contributed by atoms with Crippen LogP contribution in [0.1, 0.15) is 103 Å². The first-order valence-corrected chi connectivity index (χ1v) is 12.5. The summed E-state index contributed by atoms with van der Waals surface area (Å²) in [5.41, 5.74) is 6.96. The largest absolute Gasteiger partial charge is 0.197 e. The van der Waals surface area contributed by atoms with Gasteiger partial charge in [-0.2, -0.15) is 27.0 Å². The van der Waals surface area contributed by atoms with Gasteiger partial charge in [-0.15, -0.1) is 0 Å². The Labute approximate surface area is 199 Å². The van der Waals surface area contributed by atoms with E-state index in [0.717, 1.165) is 23.7 Å². The summed E-state index contributed by atoms with van der Waals surface area (Å²) in [6, 6.07) is 0. The number of allylic oxidation sites excluding steroid dienone is 8. The lowest BCUT2D eigenvalue weighted by molar-refractivity contribution is 0.576. The zero-order valence-corrected chi connectivity index (χ0v) is 20.9. The lowest BCUT2D eigenvalue weighted by Crippen LogP contribution is -1.85. The van der Waals surface area contributed by atoms with Crippen molar-refractivity contribution in [2.45, 2.75) is 103 Å². The van der Waals surface area contributed by atoms with Gasteiger partial charge in [-0.3, -0.25) is 0 Å². The van der Waals surface area contributed by atoms with Crippen LogP contribution in [0.25, 0.3) is 0 Å². The van der Waals surface area contributed by atoms with Crippen molar-refractivity contribution in [1.29, 1.82) is 0 Å². The zero-order chi connectivity index (χ0) is 18.8. The molecule has 0 nitrogen and oxygen atoms in total. The maximum Gasteiger partial charge on any atom is -0.0289 e.